The zero-order valence-electron chi connectivity index (χ0n) is 52.7. The topological polar surface area (TPSA) is 304 Å². The molecule has 0 spiro atoms. The van der Waals surface area contributed by atoms with E-state index in [1.165, 1.54) is 24.3 Å². The minimum absolute atomic E-state index is 0. The van der Waals surface area contributed by atoms with Crippen LogP contribution in [-0.4, -0.2) is 40.7 Å². The third kappa shape index (κ3) is 19.9. The van der Waals surface area contributed by atoms with Gasteiger partial charge in [0.15, 0.2) is 22.8 Å². The van der Waals surface area contributed by atoms with Crippen molar-refractivity contribution in [1.82, 2.24) is 0 Å². The van der Waals surface area contributed by atoms with Gasteiger partial charge in [-0.3, -0.25) is 36.3 Å². The van der Waals surface area contributed by atoms with Crippen molar-refractivity contribution < 1.29 is 89.9 Å². The molecule has 508 valence electrons. The highest BCUT2D eigenvalue weighted by Crippen LogP contribution is 2.42. The smallest absolute Gasteiger partial charge is 0.417 e. The molecule has 0 aliphatic heterocycles. The van der Waals surface area contributed by atoms with Crippen LogP contribution in [0.2, 0.25) is 10.0 Å². The van der Waals surface area contributed by atoms with E-state index in [0.717, 1.165) is 56.2 Å². The number of rotatable bonds is 10. The number of nitro benzene ring substituents is 1. The van der Waals surface area contributed by atoms with Gasteiger partial charge < -0.3 is 60.2 Å². The lowest BCUT2D eigenvalue weighted by molar-refractivity contribution is -0.385. The molecule has 0 heterocycles. The molecule has 4 aliphatic carbocycles. The second-order valence-electron chi connectivity index (χ2n) is 21.9. The standard InChI is InChI=1S/C20H15F3N2.C19H14Cl2N2.C19H15N3O2.C19H16N2O3S.3ClH/c21-20(22,23)18-4-2-1-3-17(18)19(13-5-9-15(24)10-6-13)14-7-11-16(25)12-8-14;20-16-2-1-3-17(21)19(16)18(12-4-8-14(22)9-5-12)13-6-10-15(23)11-7-13;20-15-9-5-13(6-10-15)19(14-7-11-16(21)12-8-14)17-3-1-2-4-18(17)22(23)24;20-15-9-5-13(6-10-15)19(14-7-11-16(21)12-8-14)17-3-1-2-4-18(17)25(22,23)24;;;/h1-12,24H,25H2;1-11,22H,23H2;1-12,20H,21H2;1-12,20H,21H2,(H,22,23,24);3*1H/p+1. The summed E-state index contributed by atoms with van der Waals surface area (Å²) in [6.07, 6.45) is 24.3. The molecule has 0 amide bonds. The van der Waals surface area contributed by atoms with Gasteiger partial charge in [0.2, 0.25) is 0 Å². The average molecular weight is 1460 g/mol. The Kier molecular flexibility index (Phi) is 27.3. The van der Waals surface area contributed by atoms with E-state index in [1.54, 1.807) is 140 Å². The molecule has 100 heavy (non-hydrogen) atoms. The van der Waals surface area contributed by atoms with Crippen LogP contribution in [0.4, 0.5) is 41.6 Å². The van der Waals surface area contributed by atoms with Gasteiger partial charge >= 0.3 is 6.18 Å². The second kappa shape index (κ2) is 35.0. The summed E-state index contributed by atoms with van der Waals surface area (Å²) < 4.78 is 73.8. The van der Waals surface area contributed by atoms with Crippen molar-refractivity contribution in [2.75, 3.05) is 22.9 Å². The van der Waals surface area contributed by atoms with E-state index < -0.39 is 21.9 Å². The van der Waals surface area contributed by atoms with E-state index in [4.69, 9.17) is 67.8 Å². The van der Waals surface area contributed by atoms with Gasteiger partial charge in [0.05, 0.1) is 16.1 Å². The molecule has 0 aromatic heterocycles. The molecular formula is C77H64Cl5F3N9O5S+. The predicted molar refractivity (Wildman–Crippen MR) is 386 cm³/mol. The van der Waals surface area contributed by atoms with Gasteiger partial charge in [0.25, 0.3) is 15.8 Å². The van der Waals surface area contributed by atoms with Crippen molar-refractivity contribution in [1.29, 1.82) is 0 Å². The SMILES string of the molecule is Nc1ccc(C(=C2C=CC(=[NH2+])C=C2)c2c(Cl)cccc2Cl)cc1.Nc1ccc(C(=C2C=CC(=[NH2+])C=C2)c2ccccc2C(F)(F)F)cc1.Nc1ccc(C(=C2C=CC(=[NH2+])C=C2)c2ccccc2S(=O)(=O)O)cc1.Nc1ccc(C(=C2C=CC(=[NH2+])C=C2)c2ccccc2[N+](=O)[O-])cc1.[Cl-].[Cl-].[Cl-]. The van der Waals surface area contributed by atoms with Gasteiger partial charge in [0.1, 0.15) is 4.90 Å². The maximum absolute atomic E-state index is 13.5. The van der Waals surface area contributed by atoms with E-state index in [9.17, 15) is 36.3 Å². The second-order valence-corrected chi connectivity index (χ2v) is 24.1. The summed E-state index contributed by atoms with van der Waals surface area (Å²) in [6, 6.07) is 52.8. The van der Waals surface area contributed by atoms with E-state index in [-0.39, 0.29) is 58.3 Å². The highest BCUT2D eigenvalue weighted by atomic mass is 35.5. The highest BCUT2D eigenvalue weighted by molar-refractivity contribution is 7.86. The van der Waals surface area contributed by atoms with Gasteiger partial charge in [-0.25, -0.2) is 0 Å². The van der Waals surface area contributed by atoms with Gasteiger partial charge in [-0.1, -0.05) is 126 Å². The first-order valence-electron chi connectivity index (χ1n) is 29.6. The quantitative estimate of drug-likeness (QED) is 0.0419. The lowest BCUT2D eigenvalue weighted by Crippen LogP contribution is -3.00. The van der Waals surface area contributed by atoms with E-state index >= 15 is 0 Å². The highest BCUT2D eigenvalue weighted by Gasteiger charge is 2.35. The van der Waals surface area contributed by atoms with E-state index in [2.05, 4.69) is 0 Å². The Hall–Kier alpha value is -10.9. The van der Waals surface area contributed by atoms with Crippen LogP contribution in [0.3, 0.4) is 0 Å². The molecule has 0 radical (unpaired) electrons. The third-order valence-electron chi connectivity index (χ3n) is 15.1. The minimum Gasteiger partial charge on any atom is -1.00 e. The molecule has 8 aromatic rings. The number of hydrogen-bond acceptors (Lipinski definition) is 8. The molecule has 8 aromatic carbocycles. The Balaban J connectivity index is 0.000000208. The van der Waals surface area contributed by atoms with Crippen LogP contribution >= 0.6 is 23.2 Å². The van der Waals surface area contributed by atoms with Crippen molar-refractivity contribution in [2.24, 2.45) is 0 Å². The largest absolute Gasteiger partial charge is 1.00 e. The van der Waals surface area contributed by atoms with Crippen LogP contribution in [0.25, 0.3) is 22.3 Å². The summed E-state index contributed by atoms with van der Waals surface area (Å²) >= 11 is 12.9. The fourth-order valence-corrected chi connectivity index (χ4v) is 11.8. The number of nitrogens with zero attached hydrogens (tertiary/aromatic N) is 1. The number of benzene rings is 8. The number of hydrogen-bond donors (Lipinski definition) is 9. The van der Waals surface area contributed by atoms with Crippen molar-refractivity contribution in [3.8, 4) is 0 Å². The van der Waals surface area contributed by atoms with Crippen LogP contribution in [0, 0.1) is 10.1 Å². The fraction of sp³-hybridized carbons (Fsp3) is 0.0130. The Bertz CT molecular complexity index is 4880. The van der Waals surface area contributed by atoms with Gasteiger partial charge in [0, 0.05) is 104 Å². The molecule has 17 N–H and O–H groups in total. The first-order chi connectivity index (χ1) is 46.3. The van der Waals surface area contributed by atoms with Gasteiger partial charge in [-0.2, -0.15) is 21.6 Å². The number of para-hydroxylation sites is 1. The Labute approximate surface area is 604 Å². The lowest BCUT2D eigenvalue weighted by Gasteiger charge is -2.18. The molecule has 0 atom stereocenters. The number of halogens is 8. The van der Waals surface area contributed by atoms with Crippen molar-refractivity contribution in [3.63, 3.8) is 0 Å². The minimum atomic E-state index is -4.45. The first kappa shape index (κ1) is 78.1. The Morgan fingerprint density at radius 3 is 1.01 bits per heavy atom. The molecule has 4 aliphatic rings. The van der Waals surface area contributed by atoms with Crippen LogP contribution in [0.15, 0.2) is 312 Å². The van der Waals surface area contributed by atoms with Crippen molar-refractivity contribution in [3.05, 3.63) is 378 Å². The molecular weight excluding hydrogens is 1400 g/mol. The summed E-state index contributed by atoms with van der Waals surface area (Å²) in [5, 5.41) is 35.7. The third-order valence-corrected chi connectivity index (χ3v) is 16.7. The molecule has 12 rings (SSSR count). The molecule has 0 unspecified atom stereocenters. The Morgan fingerprint density at radius 2 is 0.670 bits per heavy atom. The zero-order valence-corrected chi connectivity index (χ0v) is 57.3. The average Bonchev–Trinajstić information content (AvgIpc) is 0.985. The molecule has 0 saturated carbocycles. The van der Waals surface area contributed by atoms with Crippen LogP contribution < -0.4 is 81.8 Å². The summed E-state index contributed by atoms with van der Waals surface area (Å²) in [4.78, 5) is 10.9. The number of nitrogens with two attached hydrogens (primary N) is 8. The molecule has 14 nitrogen and oxygen atoms in total. The number of alkyl halides is 3. The van der Waals surface area contributed by atoms with Crippen molar-refractivity contribution >= 4 is 107 Å². The lowest BCUT2D eigenvalue weighted by atomic mass is 9.88. The van der Waals surface area contributed by atoms with E-state index in [1.807, 2.05) is 115 Å². The zero-order chi connectivity index (χ0) is 69.6. The number of nitrogen functional groups attached to an aromatic ring is 4. The van der Waals surface area contributed by atoms with Gasteiger partial charge in [-0.15, -0.1) is 0 Å². The predicted octanol–water partition coefficient (Wildman–Crippen LogP) is 2.08. The molecule has 0 fully saturated rings. The first-order valence-corrected chi connectivity index (χ1v) is 31.8. The van der Waals surface area contributed by atoms with Crippen molar-refractivity contribution in [2.45, 2.75) is 11.1 Å². The monoisotopic (exact) mass is 1460 g/mol. The van der Waals surface area contributed by atoms with Crippen LogP contribution in [0.5, 0.6) is 0 Å². The number of nitro groups is 1. The summed E-state index contributed by atoms with van der Waals surface area (Å²) in [6.45, 7) is 0. The molecule has 23 heteroatoms. The summed E-state index contributed by atoms with van der Waals surface area (Å²) in [5.74, 6) is 0. The van der Waals surface area contributed by atoms with E-state index in [0.29, 0.717) is 89.1 Å². The normalized spacial score (nSPS) is 13.3. The maximum Gasteiger partial charge on any atom is 0.417 e. The Morgan fingerprint density at radius 1 is 0.390 bits per heavy atom. The molecule has 0 bridgehead atoms. The van der Waals surface area contributed by atoms with Gasteiger partial charge in [-0.05, 0) is 194 Å². The van der Waals surface area contributed by atoms with Crippen LogP contribution in [-0.2, 0) is 16.3 Å². The number of anilines is 4. The number of allylic oxidation sites excluding steroid dienone is 20. The maximum atomic E-state index is 13.5. The summed E-state index contributed by atoms with van der Waals surface area (Å²) in [5.41, 5.74) is 38.6. The van der Waals surface area contributed by atoms with Crippen LogP contribution in [0.1, 0.15) is 50.1 Å². The molecule has 0 saturated heterocycles. The fourth-order valence-electron chi connectivity index (χ4n) is 10.5. The summed E-state index contributed by atoms with van der Waals surface area (Å²) in [7, 11) is -4.38.